The van der Waals surface area contributed by atoms with Crippen LogP contribution >= 0.6 is 0 Å². The number of unbranched alkanes of at least 4 members (excludes halogenated alkanes) is 1. The van der Waals surface area contributed by atoms with Crippen LogP contribution in [0.4, 0.5) is 14.5 Å². The molecule has 1 amide bonds. The third-order valence-electron chi connectivity index (χ3n) is 2.87. The summed E-state index contributed by atoms with van der Waals surface area (Å²) in [6.07, 6.45) is 1.62. The molecule has 0 aliphatic carbocycles. The average molecular weight is 287 g/mol. The number of nitrogen functional groups attached to an aromatic ring is 1. The number of aliphatic hydroxyl groups is 1. The maximum absolute atomic E-state index is 13.6. The topological polar surface area (TPSA) is 78.6 Å². The van der Waals surface area contributed by atoms with E-state index in [1.54, 1.807) is 0 Å². The molecule has 4 N–H and O–H groups in total. The van der Waals surface area contributed by atoms with Crippen LogP contribution in [0.3, 0.4) is 0 Å². The van der Waals surface area contributed by atoms with Crippen LogP contribution in [0.25, 0.3) is 0 Å². The van der Waals surface area contributed by atoms with E-state index < -0.39 is 23.2 Å². The van der Waals surface area contributed by atoms with Crippen molar-refractivity contribution in [2.24, 2.45) is 5.84 Å². The zero-order valence-corrected chi connectivity index (χ0v) is 11.3. The predicted molar refractivity (Wildman–Crippen MR) is 72.1 cm³/mol. The monoisotopic (exact) mass is 287 g/mol. The fourth-order valence-electron chi connectivity index (χ4n) is 1.80. The Bertz CT molecular complexity index is 446. The Morgan fingerprint density at radius 1 is 1.35 bits per heavy atom. The molecule has 112 valence electrons. The van der Waals surface area contributed by atoms with Gasteiger partial charge in [0, 0.05) is 18.7 Å². The van der Waals surface area contributed by atoms with Crippen molar-refractivity contribution in [1.29, 1.82) is 0 Å². The van der Waals surface area contributed by atoms with Gasteiger partial charge in [-0.1, -0.05) is 13.3 Å². The Morgan fingerprint density at radius 2 is 1.95 bits per heavy atom. The molecular weight excluding hydrogens is 268 g/mol. The maximum atomic E-state index is 13.6. The van der Waals surface area contributed by atoms with Crippen molar-refractivity contribution in [2.45, 2.75) is 19.8 Å². The highest BCUT2D eigenvalue weighted by Gasteiger charge is 2.19. The zero-order chi connectivity index (χ0) is 15.1. The molecule has 1 rings (SSSR count). The molecule has 0 aliphatic heterocycles. The minimum absolute atomic E-state index is 0.108. The third kappa shape index (κ3) is 3.88. The number of rotatable bonds is 7. The molecule has 0 heterocycles. The van der Waals surface area contributed by atoms with E-state index in [9.17, 15) is 13.6 Å². The summed E-state index contributed by atoms with van der Waals surface area (Å²) in [5.74, 6) is 2.60. The number of nitrogens with one attached hydrogen (secondary N) is 1. The lowest BCUT2D eigenvalue weighted by Gasteiger charge is -2.22. The number of hydrazine groups is 1. The first-order chi connectivity index (χ1) is 9.54. The minimum Gasteiger partial charge on any atom is -0.395 e. The molecule has 0 radical (unpaired) electrons. The van der Waals surface area contributed by atoms with Crippen LogP contribution in [0.1, 0.15) is 30.1 Å². The van der Waals surface area contributed by atoms with Gasteiger partial charge in [0.1, 0.15) is 5.69 Å². The highest BCUT2D eigenvalue weighted by atomic mass is 19.1. The van der Waals surface area contributed by atoms with Crippen LogP contribution in [0, 0.1) is 11.6 Å². The molecule has 0 spiro atoms. The van der Waals surface area contributed by atoms with Crippen molar-refractivity contribution in [2.75, 3.05) is 25.1 Å². The van der Waals surface area contributed by atoms with Gasteiger partial charge >= 0.3 is 0 Å². The van der Waals surface area contributed by atoms with Crippen molar-refractivity contribution in [1.82, 2.24) is 4.90 Å². The van der Waals surface area contributed by atoms with E-state index in [1.165, 1.54) is 4.90 Å². The van der Waals surface area contributed by atoms with Crippen LogP contribution < -0.4 is 11.3 Å². The first-order valence-electron chi connectivity index (χ1n) is 6.40. The molecule has 5 nitrogen and oxygen atoms in total. The number of aliphatic hydroxyl groups excluding tert-OH is 1. The van der Waals surface area contributed by atoms with Crippen LogP contribution in [-0.2, 0) is 0 Å². The van der Waals surface area contributed by atoms with E-state index in [2.05, 4.69) is 0 Å². The molecule has 1 aromatic rings. The number of nitrogens with zero attached hydrogens (tertiary/aromatic N) is 1. The highest BCUT2D eigenvalue weighted by molar-refractivity contribution is 5.94. The predicted octanol–water partition coefficient (Wildman–Crippen LogP) is 1.49. The SMILES string of the molecule is CCCCN(CCO)C(=O)c1cc(F)c(NN)c(F)c1. The molecule has 0 unspecified atom stereocenters. The Balaban J connectivity index is 2.99. The first-order valence-corrected chi connectivity index (χ1v) is 6.40. The number of hydrogen-bond donors (Lipinski definition) is 3. The Labute approximate surface area is 116 Å². The van der Waals surface area contributed by atoms with Gasteiger partial charge in [0.25, 0.3) is 5.91 Å². The molecule has 0 aromatic heterocycles. The van der Waals surface area contributed by atoms with Gasteiger partial charge in [-0.05, 0) is 18.6 Å². The van der Waals surface area contributed by atoms with Crippen molar-refractivity contribution < 1.29 is 18.7 Å². The lowest BCUT2D eigenvalue weighted by atomic mass is 10.1. The van der Waals surface area contributed by atoms with E-state index in [1.807, 2.05) is 12.3 Å². The smallest absolute Gasteiger partial charge is 0.254 e. The summed E-state index contributed by atoms with van der Waals surface area (Å²) in [6, 6.07) is 1.86. The maximum Gasteiger partial charge on any atom is 0.254 e. The quantitative estimate of drug-likeness (QED) is 0.524. The average Bonchev–Trinajstić information content (AvgIpc) is 2.42. The number of carbonyl (C=O) groups excluding carboxylic acids is 1. The number of anilines is 1. The fraction of sp³-hybridized carbons (Fsp3) is 0.462. The molecule has 0 saturated carbocycles. The lowest BCUT2D eigenvalue weighted by molar-refractivity contribution is 0.0718. The molecule has 1 aromatic carbocycles. The van der Waals surface area contributed by atoms with Gasteiger partial charge in [-0.15, -0.1) is 0 Å². The van der Waals surface area contributed by atoms with Crippen LogP contribution in [0.5, 0.6) is 0 Å². The van der Waals surface area contributed by atoms with Crippen molar-refractivity contribution in [3.8, 4) is 0 Å². The van der Waals surface area contributed by atoms with Gasteiger partial charge in [0.2, 0.25) is 0 Å². The number of hydrogen-bond acceptors (Lipinski definition) is 4. The van der Waals surface area contributed by atoms with E-state index in [4.69, 9.17) is 10.9 Å². The number of carbonyl (C=O) groups is 1. The van der Waals surface area contributed by atoms with E-state index in [0.29, 0.717) is 6.54 Å². The molecule has 0 aliphatic rings. The van der Waals surface area contributed by atoms with Gasteiger partial charge in [0.15, 0.2) is 11.6 Å². The summed E-state index contributed by atoms with van der Waals surface area (Å²) in [7, 11) is 0. The van der Waals surface area contributed by atoms with Crippen LogP contribution in [0.15, 0.2) is 12.1 Å². The van der Waals surface area contributed by atoms with Gasteiger partial charge in [0.05, 0.1) is 6.61 Å². The molecule has 7 heteroatoms. The summed E-state index contributed by atoms with van der Waals surface area (Å²) in [4.78, 5) is 13.5. The van der Waals surface area contributed by atoms with Crippen molar-refractivity contribution >= 4 is 11.6 Å². The number of benzene rings is 1. The van der Waals surface area contributed by atoms with Gasteiger partial charge in [-0.2, -0.15) is 0 Å². The number of halogens is 2. The van der Waals surface area contributed by atoms with E-state index in [-0.39, 0.29) is 18.7 Å². The molecule has 0 fully saturated rings. The summed E-state index contributed by atoms with van der Waals surface area (Å²) >= 11 is 0. The second kappa shape index (κ2) is 7.76. The molecule has 20 heavy (non-hydrogen) atoms. The standard InChI is InChI=1S/C13H19F2N3O2/c1-2-3-4-18(5-6-19)13(20)9-7-10(14)12(17-16)11(15)8-9/h7-8,17,19H,2-6,16H2,1H3. The Kier molecular flexibility index (Phi) is 6.33. The summed E-state index contributed by atoms with van der Waals surface area (Å²) in [5.41, 5.74) is 1.31. The molecule has 0 saturated heterocycles. The van der Waals surface area contributed by atoms with Gasteiger partial charge in [-0.25, -0.2) is 8.78 Å². The summed E-state index contributed by atoms with van der Waals surface area (Å²) < 4.78 is 27.1. The normalized spacial score (nSPS) is 10.4. The van der Waals surface area contributed by atoms with Crippen molar-refractivity contribution in [3.63, 3.8) is 0 Å². The highest BCUT2D eigenvalue weighted by Crippen LogP contribution is 2.20. The number of amides is 1. The third-order valence-corrected chi connectivity index (χ3v) is 2.87. The van der Waals surface area contributed by atoms with Gasteiger partial charge < -0.3 is 15.4 Å². The Hall–Kier alpha value is -1.73. The second-order valence-electron chi connectivity index (χ2n) is 4.33. The molecule has 0 atom stereocenters. The first kappa shape index (κ1) is 16.3. The molecular formula is C13H19F2N3O2. The second-order valence-corrected chi connectivity index (χ2v) is 4.33. The lowest BCUT2D eigenvalue weighted by Crippen LogP contribution is -2.34. The van der Waals surface area contributed by atoms with Crippen LogP contribution in [-0.4, -0.2) is 35.6 Å². The summed E-state index contributed by atoms with van der Waals surface area (Å²) in [6.45, 7) is 2.31. The number of nitrogens with two attached hydrogens (primary N) is 1. The Morgan fingerprint density at radius 3 is 2.40 bits per heavy atom. The summed E-state index contributed by atoms with van der Waals surface area (Å²) in [5, 5.41) is 8.95. The fourth-order valence-corrected chi connectivity index (χ4v) is 1.80. The largest absolute Gasteiger partial charge is 0.395 e. The zero-order valence-electron chi connectivity index (χ0n) is 11.3. The van der Waals surface area contributed by atoms with Crippen molar-refractivity contribution in [3.05, 3.63) is 29.3 Å². The van der Waals surface area contributed by atoms with E-state index >= 15 is 0 Å². The minimum atomic E-state index is -0.935. The van der Waals surface area contributed by atoms with Crippen LogP contribution in [0.2, 0.25) is 0 Å². The van der Waals surface area contributed by atoms with E-state index in [0.717, 1.165) is 25.0 Å². The van der Waals surface area contributed by atoms with Gasteiger partial charge in [-0.3, -0.25) is 10.6 Å². The molecule has 0 bridgehead atoms.